The molecular weight excluding hydrogens is 396 g/mol. The van der Waals surface area contributed by atoms with E-state index < -0.39 is 6.10 Å². The zero-order chi connectivity index (χ0) is 18.5. The van der Waals surface area contributed by atoms with E-state index in [1.807, 2.05) is 55.5 Å². The average Bonchev–Trinajstić information content (AvgIpc) is 3.18. The Morgan fingerprint density at radius 3 is 2.42 bits per heavy atom. The molecule has 0 spiro atoms. The number of nitrogens with one attached hydrogen (secondary N) is 1. The molecule has 1 heterocycles. The number of ether oxygens (including phenoxy) is 1. The molecule has 6 nitrogen and oxygen atoms in total. The van der Waals surface area contributed by atoms with Crippen molar-refractivity contribution in [3.8, 4) is 11.4 Å². The van der Waals surface area contributed by atoms with E-state index in [0.29, 0.717) is 5.75 Å². The Kier molecular flexibility index (Phi) is 5.68. The van der Waals surface area contributed by atoms with E-state index in [4.69, 9.17) is 4.74 Å². The zero-order valence-corrected chi connectivity index (χ0v) is 16.1. The fourth-order valence-electron chi connectivity index (χ4n) is 2.44. The molecule has 0 bridgehead atoms. The van der Waals surface area contributed by atoms with E-state index in [9.17, 15) is 4.79 Å². The molecule has 1 N–H and O–H groups in total. The van der Waals surface area contributed by atoms with Gasteiger partial charge < -0.3 is 10.1 Å². The summed E-state index contributed by atoms with van der Waals surface area (Å²) in [7, 11) is 0. The van der Waals surface area contributed by atoms with Crippen LogP contribution in [0.4, 0.5) is 0 Å². The maximum atomic E-state index is 12.4. The van der Waals surface area contributed by atoms with Gasteiger partial charge in [-0.3, -0.25) is 4.79 Å². The summed E-state index contributed by atoms with van der Waals surface area (Å²) in [6.07, 6.45) is 2.54. The molecule has 2 aromatic carbocycles. The van der Waals surface area contributed by atoms with Gasteiger partial charge in [0.25, 0.3) is 5.91 Å². The lowest BCUT2D eigenvalue weighted by Gasteiger charge is -2.19. The molecule has 1 amide bonds. The highest BCUT2D eigenvalue weighted by molar-refractivity contribution is 9.10. The van der Waals surface area contributed by atoms with Crippen LogP contribution in [0.2, 0.25) is 0 Å². The summed E-state index contributed by atoms with van der Waals surface area (Å²) >= 11 is 3.37. The first kappa shape index (κ1) is 18.1. The van der Waals surface area contributed by atoms with Crippen molar-refractivity contribution in [1.82, 2.24) is 20.1 Å². The number of benzene rings is 2. The molecular formula is C19H19BrN4O2. The molecule has 2 atom stereocenters. The van der Waals surface area contributed by atoms with Crippen LogP contribution in [0.5, 0.6) is 5.75 Å². The number of nitrogens with zero attached hydrogens (tertiary/aromatic N) is 3. The maximum Gasteiger partial charge on any atom is 0.261 e. The third-order valence-corrected chi connectivity index (χ3v) is 4.46. The van der Waals surface area contributed by atoms with E-state index in [1.165, 1.54) is 6.33 Å². The lowest BCUT2D eigenvalue weighted by Crippen LogP contribution is -2.37. The summed E-state index contributed by atoms with van der Waals surface area (Å²) in [5.74, 6) is 0.487. The quantitative estimate of drug-likeness (QED) is 0.667. The van der Waals surface area contributed by atoms with Crippen molar-refractivity contribution in [3.05, 3.63) is 71.2 Å². The number of hydrogen-bond acceptors (Lipinski definition) is 4. The smallest absolute Gasteiger partial charge is 0.261 e. The second-order valence-electron chi connectivity index (χ2n) is 5.88. The van der Waals surface area contributed by atoms with E-state index >= 15 is 0 Å². The summed E-state index contributed by atoms with van der Waals surface area (Å²) in [5, 5.41) is 7.07. The van der Waals surface area contributed by atoms with Gasteiger partial charge in [-0.25, -0.2) is 9.67 Å². The number of carbonyl (C=O) groups excluding carboxylic acids is 1. The molecule has 3 rings (SSSR count). The van der Waals surface area contributed by atoms with Gasteiger partial charge in [-0.05, 0) is 55.8 Å². The van der Waals surface area contributed by atoms with Crippen LogP contribution in [-0.4, -0.2) is 26.8 Å². The van der Waals surface area contributed by atoms with Crippen molar-refractivity contribution in [2.24, 2.45) is 0 Å². The van der Waals surface area contributed by atoms with Gasteiger partial charge in [0.1, 0.15) is 18.4 Å². The van der Waals surface area contributed by atoms with Crippen LogP contribution in [0.15, 0.2) is 65.7 Å². The Hall–Kier alpha value is -2.67. The Morgan fingerprint density at radius 1 is 1.12 bits per heavy atom. The zero-order valence-electron chi connectivity index (χ0n) is 14.5. The predicted molar refractivity (Wildman–Crippen MR) is 102 cm³/mol. The van der Waals surface area contributed by atoms with Gasteiger partial charge in [-0.2, -0.15) is 5.10 Å². The van der Waals surface area contributed by atoms with E-state index in [1.54, 1.807) is 17.9 Å². The highest BCUT2D eigenvalue weighted by Crippen LogP contribution is 2.18. The van der Waals surface area contributed by atoms with Crippen molar-refractivity contribution in [2.75, 3.05) is 0 Å². The van der Waals surface area contributed by atoms with Crippen molar-refractivity contribution in [1.29, 1.82) is 0 Å². The minimum absolute atomic E-state index is 0.136. The van der Waals surface area contributed by atoms with E-state index in [-0.39, 0.29) is 11.9 Å². The minimum atomic E-state index is -0.590. The van der Waals surface area contributed by atoms with E-state index in [0.717, 1.165) is 15.7 Å². The van der Waals surface area contributed by atoms with Crippen LogP contribution in [0, 0.1) is 0 Å². The molecule has 134 valence electrons. The molecule has 1 aromatic heterocycles. The second-order valence-corrected chi connectivity index (χ2v) is 6.79. The molecule has 0 fully saturated rings. The van der Waals surface area contributed by atoms with Crippen molar-refractivity contribution in [2.45, 2.75) is 26.0 Å². The summed E-state index contributed by atoms with van der Waals surface area (Å²) in [6.45, 7) is 3.67. The lowest BCUT2D eigenvalue weighted by atomic mass is 10.1. The van der Waals surface area contributed by atoms with Gasteiger partial charge in [-0.1, -0.05) is 28.1 Å². The van der Waals surface area contributed by atoms with Gasteiger partial charge in [0.05, 0.1) is 11.7 Å². The number of carbonyl (C=O) groups is 1. The Bertz CT molecular complexity index is 848. The number of hydrogen-bond donors (Lipinski definition) is 1. The third kappa shape index (κ3) is 4.49. The van der Waals surface area contributed by atoms with Gasteiger partial charge in [0.2, 0.25) is 0 Å². The maximum absolute atomic E-state index is 12.4. The van der Waals surface area contributed by atoms with Crippen molar-refractivity contribution >= 4 is 21.8 Å². The molecule has 26 heavy (non-hydrogen) atoms. The first-order valence-corrected chi connectivity index (χ1v) is 9.00. The van der Waals surface area contributed by atoms with Crippen LogP contribution in [0.25, 0.3) is 5.69 Å². The molecule has 3 aromatic rings. The topological polar surface area (TPSA) is 69.0 Å². The summed E-state index contributed by atoms with van der Waals surface area (Å²) < 4.78 is 8.33. The summed E-state index contributed by atoms with van der Waals surface area (Å²) in [5.41, 5.74) is 1.91. The second kappa shape index (κ2) is 8.14. The standard InChI is InChI=1S/C19H19BrN4O2/c1-13(15-3-7-17(8-4-15)24-12-21-11-22-24)23-19(25)14(2)26-18-9-5-16(20)6-10-18/h3-14H,1-2H3,(H,23,25)/t13-,14-/m1/s1. The van der Waals surface area contributed by atoms with Gasteiger partial charge in [0, 0.05) is 4.47 Å². The van der Waals surface area contributed by atoms with Gasteiger partial charge in [-0.15, -0.1) is 0 Å². The molecule has 0 radical (unpaired) electrons. The minimum Gasteiger partial charge on any atom is -0.481 e. The van der Waals surface area contributed by atoms with Crippen LogP contribution < -0.4 is 10.1 Å². The van der Waals surface area contributed by atoms with Crippen molar-refractivity contribution in [3.63, 3.8) is 0 Å². The van der Waals surface area contributed by atoms with Crippen LogP contribution in [0.1, 0.15) is 25.5 Å². The highest BCUT2D eigenvalue weighted by Gasteiger charge is 2.17. The highest BCUT2D eigenvalue weighted by atomic mass is 79.9. The molecule has 0 aliphatic carbocycles. The Balaban J connectivity index is 1.58. The van der Waals surface area contributed by atoms with Crippen molar-refractivity contribution < 1.29 is 9.53 Å². The van der Waals surface area contributed by atoms with Crippen LogP contribution in [0.3, 0.4) is 0 Å². The normalized spacial score (nSPS) is 13.0. The fraction of sp³-hybridized carbons (Fsp3) is 0.211. The number of halogens is 1. The summed E-state index contributed by atoms with van der Waals surface area (Å²) in [4.78, 5) is 16.3. The van der Waals surface area contributed by atoms with Gasteiger partial charge >= 0.3 is 0 Å². The Labute approximate surface area is 160 Å². The summed E-state index contributed by atoms with van der Waals surface area (Å²) in [6, 6.07) is 15.1. The fourth-order valence-corrected chi connectivity index (χ4v) is 2.71. The predicted octanol–water partition coefficient (Wildman–Crippen LogP) is 3.67. The monoisotopic (exact) mass is 414 g/mol. The number of amides is 1. The number of rotatable bonds is 6. The first-order valence-electron chi connectivity index (χ1n) is 8.20. The van der Waals surface area contributed by atoms with Crippen LogP contribution in [-0.2, 0) is 4.79 Å². The average molecular weight is 415 g/mol. The van der Waals surface area contributed by atoms with Crippen LogP contribution >= 0.6 is 15.9 Å². The largest absolute Gasteiger partial charge is 0.481 e. The van der Waals surface area contributed by atoms with E-state index in [2.05, 4.69) is 31.3 Å². The molecule has 0 saturated carbocycles. The van der Waals surface area contributed by atoms with Gasteiger partial charge in [0.15, 0.2) is 6.10 Å². The Morgan fingerprint density at radius 2 is 1.81 bits per heavy atom. The third-order valence-electron chi connectivity index (χ3n) is 3.93. The molecule has 0 aliphatic heterocycles. The number of aromatic nitrogens is 3. The molecule has 0 aliphatic rings. The molecule has 0 saturated heterocycles. The SMILES string of the molecule is C[C@@H](Oc1ccc(Br)cc1)C(=O)N[C@H](C)c1ccc(-n2cncn2)cc1. The molecule has 0 unspecified atom stereocenters. The first-order chi connectivity index (χ1) is 12.5. The molecule has 7 heteroatoms. The lowest BCUT2D eigenvalue weighted by molar-refractivity contribution is -0.127.